The van der Waals surface area contributed by atoms with Gasteiger partial charge >= 0.3 is 0 Å². The molecule has 118 valence electrons. The van der Waals surface area contributed by atoms with E-state index in [0.29, 0.717) is 19.0 Å². The van der Waals surface area contributed by atoms with Crippen LogP contribution in [0.4, 0.5) is 0 Å². The molecular weight excluding hydrogens is 276 g/mol. The summed E-state index contributed by atoms with van der Waals surface area (Å²) in [7, 11) is 0. The first-order valence-corrected chi connectivity index (χ1v) is 8.27. The van der Waals surface area contributed by atoms with Crippen molar-refractivity contribution in [3.8, 4) is 0 Å². The van der Waals surface area contributed by atoms with Gasteiger partial charge in [0, 0.05) is 25.0 Å². The van der Waals surface area contributed by atoms with E-state index in [1.807, 2.05) is 30.0 Å². The van der Waals surface area contributed by atoms with Crippen LogP contribution in [0.1, 0.15) is 38.2 Å². The number of hydrogen-bond donors (Lipinski definition) is 1. The molecular formula is C18H24N2O2. The Labute approximate surface area is 131 Å². The summed E-state index contributed by atoms with van der Waals surface area (Å²) >= 11 is 0. The van der Waals surface area contributed by atoms with Crippen LogP contribution in [0.15, 0.2) is 30.3 Å². The topological polar surface area (TPSA) is 49.4 Å². The lowest BCUT2D eigenvalue weighted by Crippen LogP contribution is -2.38. The number of rotatable bonds is 6. The van der Waals surface area contributed by atoms with Crippen molar-refractivity contribution in [2.45, 2.75) is 51.1 Å². The Kier molecular flexibility index (Phi) is 4.46. The number of carbonyl (C=O) groups is 2. The SMILES string of the molecule is C[C@H](CCc1ccccc1)NC(=O)[C@@H]1CC(=O)N(C2CC2)C1. The maximum Gasteiger partial charge on any atom is 0.225 e. The van der Waals surface area contributed by atoms with Crippen LogP contribution < -0.4 is 5.32 Å². The molecule has 2 atom stereocenters. The summed E-state index contributed by atoms with van der Waals surface area (Å²) in [5.74, 6) is 0.0314. The Morgan fingerprint density at radius 2 is 2.05 bits per heavy atom. The van der Waals surface area contributed by atoms with Crippen LogP contribution >= 0.6 is 0 Å². The van der Waals surface area contributed by atoms with Gasteiger partial charge in [0.15, 0.2) is 0 Å². The summed E-state index contributed by atoms with van der Waals surface area (Å²) in [5, 5.41) is 3.07. The number of benzene rings is 1. The lowest BCUT2D eigenvalue weighted by Gasteiger charge is -2.18. The minimum Gasteiger partial charge on any atom is -0.353 e. The monoisotopic (exact) mass is 300 g/mol. The van der Waals surface area contributed by atoms with Gasteiger partial charge in [0.05, 0.1) is 5.92 Å². The molecule has 2 amide bonds. The molecule has 0 spiro atoms. The van der Waals surface area contributed by atoms with Crippen molar-refractivity contribution in [1.29, 1.82) is 0 Å². The van der Waals surface area contributed by atoms with E-state index in [2.05, 4.69) is 17.4 Å². The fourth-order valence-electron chi connectivity index (χ4n) is 3.11. The van der Waals surface area contributed by atoms with Gasteiger partial charge in [-0.2, -0.15) is 0 Å². The number of hydrogen-bond acceptors (Lipinski definition) is 2. The Balaban J connectivity index is 1.44. The van der Waals surface area contributed by atoms with Crippen molar-refractivity contribution in [3.05, 3.63) is 35.9 Å². The summed E-state index contributed by atoms with van der Waals surface area (Å²) in [6.45, 7) is 2.65. The van der Waals surface area contributed by atoms with Crippen LogP contribution in [0.5, 0.6) is 0 Å². The fraction of sp³-hybridized carbons (Fsp3) is 0.556. The molecule has 1 aromatic rings. The number of likely N-dealkylation sites (tertiary alicyclic amines) is 1. The van der Waals surface area contributed by atoms with Crippen molar-refractivity contribution in [1.82, 2.24) is 10.2 Å². The third-order valence-electron chi connectivity index (χ3n) is 4.61. The van der Waals surface area contributed by atoms with Crippen molar-refractivity contribution in [3.63, 3.8) is 0 Å². The summed E-state index contributed by atoms with van der Waals surface area (Å²) < 4.78 is 0. The average molecular weight is 300 g/mol. The average Bonchev–Trinajstić information content (AvgIpc) is 3.28. The predicted octanol–water partition coefficient (Wildman–Crippen LogP) is 2.13. The van der Waals surface area contributed by atoms with Gasteiger partial charge in [-0.25, -0.2) is 0 Å². The molecule has 0 aromatic heterocycles. The normalized spacial score (nSPS) is 22.7. The van der Waals surface area contributed by atoms with E-state index in [0.717, 1.165) is 25.7 Å². The maximum absolute atomic E-state index is 12.3. The largest absolute Gasteiger partial charge is 0.353 e. The second-order valence-electron chi connectivity index (χ2n) is 6.61. The second kappa shape index (κ2) is 6.51. The van der Waals surface area contributed by atoms with Gasteiger partial charge in [-0.15, -0.1) is 0 Å². The molecule has 4 nitrogen and oxygen atoms in total. The zero-order valence-electron chi connectivity index (χ0n) is 13.1. The van der Waals surface area contributed by atoms with Gasteiger partial charge in [-0.3, -0.25) is 9.59 Å². The lowest BCUT2D eigenvalue weighted by atomic mass is 10.0. The van der Waals surface area contributed by atoms with Crippen molar-refractivity contribution >= 4 is 11.8 Å². The molecule has 1 saturated heterocycles. The standard InChI is InChI=1S/C18H24N2O2/c1-13(7-8-14-5-3-2-4-6-14)19-18(22)15-11-17(21)20(12-15)16-9-10-16/h2-6,13,15-16H,7-12H2,1H3,(H,19,22)/t13-,15-/m1/s1. The first kappa shape index (κ1) is 15.1. The van der Waals surface area contributed by atoms with Crippen molar-refractivity contribution < 1.29 is 9.59 Å². The van der Waals surface area contributed by atoms with Crippen LogP contribution in [0.3, 0.4) is 0 Å². The molecule has 1 heterocycles. The van der Waals surface area contributed by atoms with Gasteiger partial charge in [0.1, 0.15) is 0 Å². The van der Waals surface area contributed by atoms with E-state index >= 15 is 0 Å². The van der Waals surface area contributed by atoms with Crippen LogP contribution in [0, 0.1) is 5.92 Å². The summed E-state index contributed by atoms with van der Waals surface area (Å²) in [6, 6.07) is 10.9. The minimum atomic E-state index is -0.160. The molecule has 3 rings (SSSR count). The quantitative estimate of drug-likeness (QED) is 0.875. The third-order valence-corrected chi connectivity index (χ3v) is 4.61. The molecule has 0 radical (unpaired) electrons. The number of nitrogens with one attached hydrogen (secondary N) is 1. The molecule has 1 N–H and O–H groups in total. The number of aryl methyl sites for hydroxylation is 1. The molecule has 1 aliphatic carbocycles. The van der Waals surface area contributed by atoms with E-state index in [-0.39, 0.29) is 23.8 Å². The zero-order valence-corrected chi connectivity index (χ0v) is 13.1. The van der Waals surface area contributed by atoms with E-state index in [9.17, 15) is 9.59 Å². The maximum atomic E-state index is 12.3. The van der Waals surface area contributed by atoms with Crippen LogP contribution in [-0.4, -0.2) is 35.3 Å². The molecule has 2 fully saturated rings. The molecule has 0 unspecified atom stereocenters. The Morgan fingerprint density at radius 3 is 2.73 bits per heavy atom. The van der Waals surface area contributed by atoms with Crippen molar-refractivity contribution in [2.24, 2.45) is 5.92 Å². The van der Waals surface area contributed by atoms with Gasteiger partial charge in [-0.1, -0.05) is 30.3 Å². The van der Waals surface area contributed by atoms with Gasteiger partial charge in [0.2, 0.25) is 11.8 Å². The van der Waals surface area contributed by atoms with E-state index in [1.165, 1.54) is 5.56 Å². The Bertz CT molecular complexity index is 539. The lowest BCUT2D eigenvalue weighted by molar-refractivity contribution is -0.129. The van der Waals surface area contributed by atoms with E-state index in [4.69, 9.17) is 0 Å². The van der Waals surface area contributed by atoms with E-state index < -0.39 is 0 Å². The molecule has 4 heteroatoms. The van der Waals surface area contributed by atoms with Gasteiger partial charge < -0.3 is 10.2 Å². The highest BCUT2D eigenvalue weighted by atomic mass is 16.2. The van der Waals surface area contributed by atoms with Crippen LogP contribution in [-0.2, 0) is 16.0 Å². The molecule has 1 aromatic carbocycles. The highest BCUT2D eigenvalue weighted by molar-refractivity contribution is 5.89. The highest BCUT2D eigenvalue weighted by Crippen LogP contribution is 2.32. The molecule has 1 saturated carbocycles. The summed E-state index contributed by atoms with van der Waals surface area (Å²) in [5.41, 5.74) is 1.29. The smallest absolute Gasteiger partial charge is 0.225 e. The van der Waals surface area contributed by atoms with E-state index in [1.54, 1.807) is 0 Å². The molecule has 2 aliphatic rings. The van der Waals surface area contributed by atoms with Crippen LogP contribution in [0.2, 0.25) is 0 Å². The highest BCUT2D eigenvalue weighted by Gasteiger charge is 2.41. The van der Waals surface area contributed by atoms with Crippen molar-refractivity contribution in [2.75, 3.05) is 6.54 Å². The van der Waals surface area contributed by atoms with Gasteiger partial charge in [0.25, 0.3) is 0 Å². The minimum absolute atomic E-state index is 0.0389. The summed E-state index contributed by atoms with van der Waals surface area (Å²) in [6.07, 6.45) is 4.47. The first-order chi connectivity index (χ1) is 10.6. The third kappa shape index (κ3) is 3.67. The summed E-state index contributed by atoms with van der Waals surface area (Å²) in [4.78, 5) is 26.1. The fourth-order valence-corrected chi connectivity index (χ4v) is 3.11. The first-order valence-electron chi connectivity index (χ1n) is 8.27. The molecule has 22 heavy (non-hydrogen) atoms. The Hall–Kier alpha value is -1.84. The second-order valence-corrected chi connectivity index (χ2v) is 6.61. The molecule has 0 bridgehead atoms. The zero-order chi connectivity index (χ0) is 15.5. The molecule has 1 aliphatic heterocycles. The van der Waals surface area contributed by atoms with Crippen LogP contribution in [0.25, 0.3) is 0 Å². The number of nitrogens with zero attached hydrogens (tertiary/aromatic N) is 1. The number of amides is 2. The predicted molar refractivity (Wildman–Crippen MR) is 85.2 cm³/mol. The number of carbonyl (C=O) groups excluding carboxylic acids is 2. The Morgan fingerprint density at radius 1 is 1.32 bits per heavy atom. The van der Waals surface area contributed by atoms with Gasteiger partial charge in [-0.05, 0) is 38.2 Å².